The van der Waals surface area contributed by atoms with E-state index in [1.54, 1.807) is 6.92 Å². The SMILES string of the molecule is CC[C@@H](C)c1ccc(OCC(=O)N/N=C/c2c(C)[nH]n(-c3ccccc3)c2=O)cc1. The number of benzene rings is 2. The van der Waals surface area contributed by atoms with Gasteiger partial charge in [-0.05, 0) is 49.1 Å². The van der Waals surface area contributed by atoms with Crippen molar-refractivity contribution in [2.75, 3.05) is 6.61 Å². The monoisotopic (exact) mass is 406 g/mol. The van der Waals surface area contributed by atoms with E-state index in [0.29, 0.717) is 22.9 Å². The smallest absolute Gasteiger partial charge is 0.280 e. The lowest BCUT2D eigenvalue weighted by Crippen LogP contribution is -2.25. The fourth-order valence-electron chi connectivity index (χ4n) is 2.95. The molecule has 156 valence electrons. The molecule has 0 aliphatic rings. The molecule has 1 atom stereocenters. The first-order valence-electron chi connectivity index (χ1n) is 9.91. The van der Waals surface area contributed by atoms with Crippen molar-refractivity contribution >= 4 is 12.1 Å². The maximum Gasteiger partial charge on any atom is 0.280 e. The van der Waals surface area contributed by atoms with Crippen LogP contribution in [0.5, 0.6) is 5.75 Å². The first-order valence-corrected chi connectivity index (χ1v) is 9.91. The Morgan fingerprint density at radius 1 is 1.20 bits per heavy atom. The summed E-state index contributed by atoms with van der Waals surface area (Å²) in [5.41, 5.74) is 5.14. The standard InChI is InChI=1S/C23H26N4O3/c1-4-16(2)18-10-12-20(13-11-18)30-15-22(28)25-24-14-21-17(3)26-27(23(21)29)19-8-6-5-7-9-19/h5-14,16,26H,4,15H2,1-3H3,(H,25,28)/b24-14+/t16-/m1/s1. The second kappa shape index (κ2) is 9.73. The summed E-state index contributed by atoms with van der Waals surface area (Å²) in [6.07, 6.45) is 2.41. The molecule has 3 aromatic rings. The Morgan fingerprint density at radius 3 is 2.57 bits per heavy atom. The van der Waals surface area contributed by atoms with Crippen LogP contribution in [-0.2, 0) is 4.79 Å². The number of rotatable bonds is 8. The highest BCUT2D eigenvalue weighted by atomic mass is 16.5. The number of hydrogen-bond donors (Lipinski definition) is 2. The van der Waals surface area contributed by atoms with E-state index in [1.807, 2.05) is 54.6 Å². The number of amides is 1. The highest BCUT2D eigenvalue weighted by molar-refractivity contribution is 5.83. The molecule has 0 saturated heterocycles. The van der Waals surface area contributed by atoms with Crippen LogP contribution >= 0.6 is 0 Å². The van der Waals surface area contributed by atoms with Gasteiger partial charge in [0, 0.05) is 5.69 Å². The van der Waals surface area contributed by atoms with Gasteiger partial charge in [0.25, 0.3) is 11.5 Å². The number of aromatic nitrogens is 2. The van der Waals surface area contributed by atoms with Crippen LogP contribution in [0, 0.1) is 6.92 Å². The van der Waals surface area contributed by atoms with Crippen LogP contribution < -0.4 is 15.7 Å². The molecular formula is C23H26N4O3. The van der Waals surface area contributed by atoms with Gasteiger partial charge < -0.3 is 4.74 Å². The van der Waals surface area contributed by atoms with Crippen molar-refractivity contribution in [2.45, 2.75) is 33.1 Å². The molecule has 0 radical (unpaired) electrons. The van der Waals surface area contributed by atoms with Gasteiger partial charge in [-0.1, -0.05) is 44.2 Å². The first kappa shape index (κ1) is 21.1. The summed E-state index contributed by atoms with van der Waals surface area (Å²) in [6.45, 7) is 5.92. The molecule has 7 nitrogen and oxygen atoms in total. The molecule has 0 aliphatic heterocycles. The van der Waals surface area contributed by atoms with Gasteiger partial charge in [0.1, 0.15) is 5.75 Å². The number of nitrogens with one attached hydrogen (secondary N) is 2. The molecule has 30 heavy (non-hydrogen) atoms. The Morgan fingerprint density at radius 2 is 1.90 bits per heavy atom. The molecule has 7 heteroatoms. The third-order valence-corrected chi connectivity index (χ3v) is 4.95. The second-order valence-corrected chi connectivity index (χ2v) is 7.09. The van der Waals surface area contributed by atoms with Crippen LogP contribution in [0.4, 0.5) is 0 Å². The van der Waals surface area contributed by atoms with Gasteiger partial charge in [0.15, 0.2) is 6.61 Å². The molecular weight excluding hydrogens is 380 g/mol. The molecule has 0 spiro atoms. The summed E-state index contributed by atoms with van der Waals surface area (Å²) in [4.78, 5) is 24.6. The Hall–Kier alpha value is -3.61. The number of carbonyl (C=O) groups is 1. The summed E-state index contributed by atoms with van der Waals surface area (Å²) < 4.78 is 6.93. The third-order valence-electron chi connectivity index (χ3n) is 4.95. The molecule has 1 amide bonds. The molecule has 1 aromatic heterocycles. The van der Waals surface area contributed by atoms with E-state index in [-0.39, 0.29) is 12.2 Å². The molecule has 0 unspecified atom stereocenters. The van der Waals surface area contributed by atoms with Gasteiger partial charge in [-0.3, -0.25) is 14.7 Å². The summed E-state index contributed by atoms with van der Waals surface area (Å²) in [6, 6.07) is 17.0. The molecule has 0 bridgehead atoms. The largest absolute Gasteiger partial charge is 0.484 e. The van der Waals surface area contributed by atoms with E-state index in [1.165, 1.54) is 16.5 Å². The number of hydrazone groups is 1. The third kappa shape index (κ3) is 5.05. The minimum atomic E-state index is -0.408. The van der Waals surface area contributed by atoms with Crippen LogP contribution in [0.3, 0.4) is 0 Å². The predicted molar refractivity (Wildman–Crippen MR) is 118 cm³/mol. The number of aryl methyl sites for hydroxylation is 1. The predicted octanol–water partition coefficient (Wildman–Crippen LogP) is 3.52. The van der Waals surface area contributed by atoms with Crippen molar-refractivity contribution in [1.82, 2.24) is 15.2 Å². The topological polar surface area (TPSA) is 88.5 Å². The maximum atomic E-state index is 12.6. The number of carbonyl (C=O) groups excluding carboxylic acids is 1. The normalized spacial score (nSPS) is 12.1. The summed E-state index contributed by atoms with van der Waals surface area (Å²) in [5.74, 6) is 0.697. The number of hydrogen-bond acceptors (Lipinski definition) is 4. The van der Waals surface area contributed by atoms with E-state index in [0.717, 1.165) is 12.1 Å². The number of H-pyrrole nitrogens is 1. The van der Waals surface area contributed by atoms with E-state index < -0.39 is 5.91 Å². The number of ether oxygens (including phenoxy) is 1. The highest BCUT2D eigenvalue weighted by Crippen LogP contribution is 2.21. The van der Waals surface area contributed by atoms with Crippen molar-refractivity contribution in [2.24, 2.45) is 5.10 Å². The van der Waals surface area contributed by atoms with Crippen molar-refractivity contribution in [3.05, 3.63) is 81.8 Å². The molecule has 1 heterocycles. The Labute approximate surface area is 175 Å². The van der Waals surface area contributed by atoms with Crippen molar-refractivity contribution in [3.8, 4) is 11.4 Å². The second-order valence-electron chi connectivity index (χ2n) is 7.09. The summed E-state index contributed by atoms with van der Waals surface area (Å²) >= 11 is 0. The zero-order valence-electron chi connectivity index (χ0n) is 17.4. The zero-order chi connectivity index (χ0) is 21.5. The van der Waals surface area contributed by atoms with Gasteiger partial charge in [-0.15, -0.1) is 0 Å². The lowest BCUT2D eigenvalue weighted by atomic mass is 9.99. The quantitative estimate of drug-likeness (QED) is 0.443. The molecule has 0 aliphatic carbocycles. The van der Waals surface area contributed by atoms with Crippen LogP contribution in [0.15, 0.2) is 64.5 Å². The van der Waals surface area contributed by atoms with Gasteiger partial charge >= 0.3 is 0 Å². The van der Waals surface area contributed by atoms with Crippen molar-refractivity contribution in [3.63, 3.8) is 0 Å². The summed E-state index contributed by atoms with van der Waals surface area (Å²) in [5, 5.41) is 6.90. The van der Waals surface area contributed by atoms with Gasteiger partial charge in [0.05, 0.1) is 17.5 Å². The van der Waals surface area contributed by atoms with Crippen LogP contribution in [-0.4, -0.2) is 28.5 Å². The van der Waals surface area contributed by atoms with Gasteiger partial charge in [0.2, 0.25) is 0 Å². The van der Waals surface area contributed by atoms with Gasteiger partial charge in [-0.2, -0.15) is 5.10 Å². The summed E-state index contributed by atoms with van der Waals surface area (Å²) in [7, 11) is 0. The van der Waals surface area contributed by atoms with E-state index in [2.05, 4.69) is 29.5 Å². The van der Waals surface area contributed by atoms with E-state index >= 15 is 0 Å². The Bertz CT molecular complexity index is 1070. The average Bonchev–Trinajstić information content (AvgIpc) is 3.06. The van der Waals surface area contributed by atoms with E-state index in [4.69, 9.17) is 4.74 Å². The molecule has 0 fully saturated rings. The Balaban J connectivity index is 1.56. The van der Waals surface area contributed by atoms with Crippen molar-refractivity contribution < 1.29 is 9.53 Å². The molecule has 2 N–H and O–H groups in total. The molecule has 3 rings (SSSR count). The Kier molecular flexibility index (Phi) is 6.85. The van der Waals surface area contributed by atoms with Crippen LogP contribution in [0.2, 0.25) is 0 Å². The average molecular weight is 406 g/mol. The fourth-order valence-corrected chi connectivity index (χ4v) is 2.95. The first-order chi connectivity index (χ1) is 14.5. The van der Waals surface area contributed by atoms with Crippen LogP contribution in [0.25, 0.3) is 5.69 Å². The van der Waals surface area contributed by atoms with Crippen LogP contribution in [0.1, 0.15) is 43.0 Å². The minimum absolute atomic E-state index is 0.166. The lowest BCUT2D eigenvalue weighted by Gasteiger charge is -2.10. The molecule has 0 saturated carbocycles. The fraction of sp³-hybridized carbons (Fsp3) is 0.261. The maximum absolute atomic E-state index is 12.6. The number of aromatic amines is 1. The minimum Gasteiger partial charge on any atom is -0.484 e. The number of nitrogens with zero attached hydrogens (tertiary/aromatic N) is 2. The van der Waals surface area contributed by atoms with E-state index in [9.17, 15) is 9.59 Å². The lowest BCUT2D eigenvalue weighted by molar-refractivity contribution is -0.123. The number of para-hydroxylation sites is 1. The van der Waals surface area contributed by atoms with Crippen molar-refractivity contribution in [1.29, 1.82) is 0 Å². The highest BCUT2D eigenvalue weighted by Gasteiger charge is 2.10. The zero-order valence-corrected chi connectivity index (χ0v) is 17.4. The molecule has 2 aromatic carbocycles. The van der Waals surface area contributed by atoms with Gasteiger partial charge in [-0.25, -0.2) is 10.1 Å².